The summed E-state index contributed by atoms with van der Waals surface area (Å²) < 4.78 is 30.6. The first kappa shape index (κ1) is 15.0. The Morgan fingerprint density at radius 3 is 2.75 bits per heavy atom. The zero-order valence-corrected chi connectivity index (χ0v) is 12.5. The Morgan fingerprint density at radius 1 is 1.30 bits per heavy atom. The third-order valence-corrected chi connectivity index (χ3v) is 4.67. The highest BCUT2D eigenvalue weighted by Gasteiger charge is 2.11. The van der Waals surface area contributed by atoms with E-state index in [9.17, 15) is 8.42 Å². The maximum atomic E-state index is 11.3. The van der Waals surface area contributed by atoms with E-state index in [0.29, 0.717) is 13.0 Å². The molecule has 1 atom stereocenters. The van der Waals surface area contributed by atoms with E-state index in [1.54, 1.807) is 0 Å². The monoisotopic (exact) mass is 296 g/mol. The van der Waals surface area contributed by atoms with Crippen molar-refractivity contribution >= 4 is 21.0 Å². The van der Waals surface area contributed by atoms with Gasteiger partial charge >= 0.3 is 0 Å². The van der Waals surface area contributed by atoms with E-state index in [4.69, 9.17) is 4.42 Å². The Labute approximate surface area is 119 Å². The number of benzene rings is 1. The lowest BCUT2D eigenvalue weighted by Crippen LogP contribution is -2.26. The van der Waals surface area contributed by atoms with Crippen LogP contribution in [0.2, 0.25) is 0 Å². The summed E-state index contributed by atoms with van der Waals surface area (Å²) in [6.45, 7) is 2.63. The molecule has 2 aromatic rings. The highest BCUT2D eigenvalue weighted by atomic mass is 32.2. The molecule has 1 aromatic carbocycles. The van der Waals surface area contributed by atoms with Gasteiger partial charge in [-0.25, -0.2) is 13.1 Å². The summed E-state index contributed by atoms with van der Waals surface area (Å²) in [5, 5.41) is 4.35. The summed E-state index contributed by atoms with van der Waals surface area (Å²) in [6.07, 6.45) is 0.563. The molecule has 0 aliphatic carbocycles. The van der Waals surface area contributed by atoms with Crippen LogP contribution in [-0.2, 0) is 10.0 Å². The summed E-state index contributed by atoms with van der Waals surface area (Å²) >= 11 is 0. The smallest absolute Gasteiger partial charge is 0.211 e. The van der Waals surface area contributed by atoms with Gasteiger partial charge in [0.2, 0.25) is 10.0 Å². The fourth-order valence-corrected chi connectivity index (χ4v) is 2.73. The van der Waals surface area contributed by atoms with Gasteiger partial charge in [-0.15, -0.1) is 0 Å². The molecular weight excluding hydrogens is 276 g/mol. The lowest BCUT2D eigenvalue weighted by atomic mass is 10.2. The van der Waals surface area contributed by atoms with E-state index in [2.05, 4.69) is 10.0 Å². The minimum atomic E-state index is -3.12. The molecule has 0 amide bonds. The van der Waals surface area contributed by atoms with Gasteiger partial charge in [0.1, 0.15) is 11.3 Å². The Balaban J connectivity index is 1.87. The summed E-state index contributed by atoms with van der Waals surface area (Å²) in [4.78, 5) is 0. The van der Waals surface area contributed by atoms with Crippen LogP contribution >= 0.6 is 0 Å². The molecule has 0 spiro atoms. The number of sulfonamides is 1. The average molecular weight is 296 g/mol. The quantitative estimate of drug-likeness (QED) is 0.767. The predicted molar refractivity (Wildman–Crippen MR) is 80.1 cm³/mol. The Hall–Kier alpha value is -1.37. The first-order valence-corrected chi connectivity index (χ1v) is 8.30. The molecule has 6 heteroatoms. The van der Waals surface area contributed by atoms with E-state index in [1.165, 1.54) is 7.05 Å². The average Bonchev–Trinajstić information content (AvgIpc) is 2.87. The molecule has 20 heavy (non-hydrogen) atoms. The van der Waals surface area contributed by atoms with Gasteiger partial charge in [-0.1, -0.05) is 18.2 Å². The fraction of sp³-hybridized carbons (Fsp3) is 0.429. The molecule has 2 N–H and O–H groups in total. The maximum Gasteiger partial charge on any atom is 0.211 e. The van der Waals surface area contributed by atoms with Gasteiger partial charge in [0.15, 0.2) is 0 Å². The number of hydrogen-bond acceptors (Lipinski definition) is 4. The summed E-state index contributed by atoms with van der Waals surface area (Å²) in [7, 11) is -1.69. The SMILES string of the molecule is CNS(=O)(=O)CCCNC(C)c1cc2ccccc2o1. The van der Waals surface area contributed by atoms with Gasteiger partial charge in [-0.2, -0.15) is 0 Å². The first-order valence-electron chi connectivity index (χ1n) is 6.65. The molecule has 1 heterocycles. The van der Waals surface area contributed by atoms with Gasteiger partial charge in [0, 0.05) is 5.39 Å². The van der Waals surface area contributed by atoms with Crippen LogP contribution in [-0.4, -0.2) is 27.8 Å². The van der Waals surface area contributed by atoms with Gasteiger partial charge in [-0.3, -0.25) is 0 Å². The summed E-state index contributed by atoms with van der Waals surface area (Å²) in [5.41, 5.74) is 0.869. The molecule has 0 aliphatic heterocycles. The second-order valence-corrected chi connectivity index (χ2v) is 6.78. The normalized spacial score (nSPS) is 13.7. The number of rotatable bonds is 7. The van der Waals surface area contributed by atoms with Crippen LogP contribution < -0.4 is 10.0 Å². The van der Waals surface area contributed by atoms with Crippen molar-refractivity contribution in [3.8, 4) is 0 Å². The van der Waals surface area contributed by atoms with Crippen LogP contribution in [0.1, 0.15) is 25.1 Å². The number of nitrogens with one attached hydrogen (secondary N) is 2. The van der Waals surface area contributed by atoms with E-state index in [1.807, 2.05) is 37.3 Å². The van der Waals surface area contributed by atoms with Gasteiger partial charge in [-0.05, 0) is 39.1 Å². The molecule has 2 rings (SSSR count). The van der Waals surface area contributed by atoms with Crippen molar-refractivity contribution in [3.05, 3.63) is 36.1 Å². The van der Waals surface area contributed by atoms with Crippen LogP contribution in [0.3, 0.4) is 0 Å². The van der Waals surface area contributed by atoms with Crippen molar-refractivity contribution in [2.45, 2.75) is 19.4 Å². The van der Waals surface area contributed by atoms with Crippen molar-refractivity contribution in [3.63, 3.8) is 0 Å². The zero-order chi connectivity index (χ0) is 14.6. The van der Waals surface area contributed by atoms with E-state index in [-0.39, 0.29) is 11.8 Å². The minimum Gasteiger partial charge on any atom is -0.459 e. The second kappa shape index (κ2) is 6.39. The Bertz CT molecular complexity index is 631. The molecule has 0 saturated heterocycles. The Morgan fingerprint density at radius 2 is 2.05 bits per heavy atom. The van der Waals surface area contributed by atoms with E-state index in [0.717, 1.165) is 16.7 Å². The molecule has 0 saturated carbocycles. The molecular formula is C14H20N2O3S. The van der Waals surface area contributed by atoms with Crippen molar-refractivity contribution < 1.29 is 12.8 Å². The lowest BCUT2D eigenvalue weighted by Gasteiger charge is -2.10. The van der Waals surface area contributed by atoms with Crippen LogP contribution in [0.25, 0.3) is 11.0 Å². The highest BCUT2D eigenvalue weighted by molar-refractivity contribution is 7.89. The first-order chi connectivity index (χ1) is 9.52. The minimum absolute atomic E-state index is 0.0553. The summed E-state index contributed by atoms with van der Waals surface area (Å²) in [5.74, 6) is 0.992. The number of fused-ring (bicyclic) bond motifs is 1. The number of furan rings is 1. The fourth-order valence-electron chi connectivity index (χ4n) is 2.00. The van der Waals surface area contributed by atoms with Crippen LogP contribution in [0.5, 0.6) is 0 Å². The third-order valence-electron chi connectivity index (χ3n) is 3.22. The van der Waals surface area contributed by atoms with Crippen LogP contribution in [0.15, 0.2) is 34.7 Å². The van der Waals surface area contributed by atoms with Crippen molar-refractivity contribution in [2.75, 3.05) is 19.3 Å². The van der Waals surface area contributed by atoms with Crippen molar-refractivity contribution in [2.24, 2.45) is 0 Å². The number of hydrogen-bond donors (Lipinski definition) is 2. The van der Waals surface area contributed by atoms with Gasteiger partial charge in [0.25, 0.3) is 0 Å². The summed E-state index contributed by atoms with van der Waals surface area (Å²) in [6, 6.07) is 9.93. The molecule has 5 nitrogen and oxygen atoms in total. The molecule has 0 radical (unpaired) electrons. The van der Waals surface area contributed by atoms with Crippen LogP contribution in [0, 0.1) is 0 Å². The zero-order valence-electron chi connectivity index (χ0n) is 11.7. The Kier molecular flexibility index (Phi) is 4.80. The standard InChI is InChI=1S/C14H20N2O3S/c1-11(16-8-5-9-20(17,18)15-2)14-10-12-6-3-4-7-13(12)19-14/h3-4,6-7,10-11,15-16H,5,8-9H2,1-2H3. The predicted octanol–water partition coefficient (Wildman–Crippen LogP) is 2.02. The molecule has 1 unspecified atom stereocenters. The van der Waals surface area contributed by atoms with Crippen LogP contribution in [0.4, 0.5) is 0 Å². The molecule has 110 valence electrons. The molecule has 0 bridgehead atoms. The van der Waals surface area contributed by atoms with Gasteiger partial charge < -0.3 is 9.73 Å². The molecule has 0 fully saturated rings. The maximum absolute atomic E-state index is 11.3. The van der Waals surface area contributed by atoms with Gasteiger partial charge in [0.05, 0.1) is 11.8 Å². The lowest BCUT2D eigenvalue weighted by molar-refractivity contribution is 0.451. The molecule has 0 aliphatic rings. The third kappa shape index (κ3) is 3.82. The highest BCUT2D eigenvalue weighted by Crippen LogP contribution is 2.23. The van der Waals surface area contributed by atoms with E-state index >= 15 is 0 Å². The molecule has 1 aromatic heterocycles. The largest absolute Gasteiger partial charge is 0.459 e. The second-order valence-electron chi connectivity index (χ2n) is 4.74. The topological polar surface area (TPSA) is 71.3 Å². The van der Waals surface area contributed by atoms with Crippen molar-refractivity contribution in [1.29, 1.82) is 0 Å². The van der Waals surface area contributed by atoms with E-state index < -0.39 is 10.0 Å². The number of para-hydroxylation sites is 1. The van der Waals surface area contributed by atoms with Crippen molar-refractivity contribution in [1.82, 2.24) is 10.0 Å².